The number of nitro groups is 1. The lowest BCUT2D eigenvalue weighted by molar-refractivity contribution is -0.386. The van der Waals surface area contributed by atoms with Gasteiger partial charge in [-0.15, -0.1) is 0 Å². The van der Waals surface area contributed by atoms with Gasteiger partial charge in [-0.1, -0.05) is 6.07 Å². The van der Waals surface area contributed by atoms with Crippen molar-refractivity contribution in [2.75, 3.05) is 13.1 Å². The largest absolute Gasteiger partial charge is 0.482 e. The third-order valence-corrected chi connectivity index (χ3v) is 3.82. The Balaban J connectivity index is 2.15. The van der Waals surface area contributed by atoms with Gasteiger partial charge in [0.05, 0.1) is 4.92 Å². The minimum atomic E-state index is -2.04. The van der Waals surface area contributed by atoms with Crippen molar-refractivity contribution >= 4 is 12.0 Å². The molecule has 1 heterocycles. The summed E-state index contributed by atoms with van der Waals surface area (Å²) >= 11 is 0. The van der Waals surface area contributed by atoms with Gasteiger partial charge in [-0.3, -0.25) is 19.8 Å². The van der Waals surface area contributed by atoms with Crippen molar-refractivity contribution in [1.29, 1.82) is 0 Å². The predicted molar refractivity (Wildman–Crippen MR) is 78.6 cm³/mol. The highest BCUT2D eigenvalue weighted by molar-refractivity contribution is 5.60. The molecule has 1 aliphatic heterocycles. The van der Waals surface area contributed by atoms with E-state index in [0.717, 1.165) is 5.56 Å². The Morgan fingerprint density at radius 1 is 1.55 bits per heavy atom. The fourth-order valence-corrected chi connectivity index (χ4v) is 2.55. The number of hydrogen-bond donors (Lipinski definition) is 0. The number of alkyl halides is 1. The van der Waals surface area contributed by atoms with E-state index < -0.39 is 10.7 Å². The molecule has 2 atom stereocenters. The number of nitro benzene ring substituents is 1. The van der Waals surface area contributed by atoms with Crippen LogP contribution < -0.4 is 4.74 Å². The van der Waals surface area contributed by atoms with E-state index >= 15 is 0 Å². The number of carbonyl (C=O) groups excluding carboxylic acids is 1. The first-order valence-electron chi connectivity index (χ1n) is 7.15. The summed E-state index contributed by atoms with van der Waals surface area (Å²) in [6.45, 7) is 3.70. The van der Waals surface area contributed by atoms with Crippen LogP contribution in [0.2, 0.25) is 0 Å². The second-order valence-corrected chi connectivity index (χ2v) is 5.70. The minimum Gasteiger partial charge on any atom is -0.482 e. The number of rotatable bonds is 5. The first-order chi connectivity index (χ1) is 10.3. The molecule has 0 bridgehead atoms. The molecular formula is C15H19FN2O4. The topological polar surface area (TPSA) is 72.7 Å². The van der Waals surface area contributed by atoms with Gasteiger partial charge in [0.25, 0.3) is 0 Å². The normalized spacial score (nSPS) is 21.9. The fraction of sp³-hybridized carbons (Fsp3) is 0.533. The summed E-state index contributed by atoms with van der Waals surface area (Å²) in [5.41, 5.74) is 0.734. The fourth-order valence-electron chi connectivity index (χ4n) is 2.55. The summed E-state index contributed by atoms with van der Waals surface area (Å²) in [7, 11) is 0. The Morgan fingerprint density at radius 3 is 2.91 bits per heavy atom. The second kappa shape index (κ2) is 6.39. The number of ether oxygens (including phenoxy) is 1. The average Bonchev–Trinajstić information content (AvgIpc) is 2.47. The highest BCUT2D eigenvalue weighted by Crippen LogP contribution is 2.31. The zero-order valence-electron chi connectivity index (χ0n) is 12.6. The smallest absolute Gasteiger partial charge is 0.310 e. The van der Waals surface area contributed by atoms with Gasteiger partial charge in [0.15, 0.2) is 12.0 Å². The predicted octanol–water partition coefficient (Wildman–Crippen LogP) is 2.63. The molecule has 6 nitrogen and oxygen atoms in total. The summed E-state index contributed by atoms with van der Waals surface area (Å²) < 4.78 is 19.8. The lowest BCUT2D eigenvalue weighted by Crippen LogP contribution is -2.52. The van der Waals surface area contributed by atoms with Crippen LogP contribution in [0.3, 0.4) is 0 Å². The van der Waals surface area contributed by atoms with Gasteiger partial charge in [0, 0.05) is 19.2 Å². The van der Waals surface area contributed by atoms with Crippen LogP contribution in [0.1, 0.15) is 25.3 Å². The van der Waals surface area contributed by atoms with E-state index in [4.69, 9.17) is 4.74 Å². The maximum absolute atomic E-state index is 14.1. The van der Waals surface area contributed by atoms with Crippen molar-refractivity contribution in [2.45, 2.75) is 38.6 Å². The van der Waals surface area contributed by atoms with E-state index in [1.54, 1.807) is 12.1 Å². The van der Waals surface area contributed by atoms with Crippen molar-refractivity contribution < 1.29 is 18.8 Å². The van der Waals surface area contributed by atoms with Gasteiger partial charge in [-0.2, -0.15) is 0 Å². The second-order valence-electron chi connectivity index (χ2n) is 5.70. The summed E-state index contributed by atoms with van der Waals surface area (Å²) in [6, 6.07) is 4.64. The van der Waals surface area contributed by atoms with Crippen molar-refractivity contribution in [1.82, 2.24) is 4.90 Å². The molecule has 7 heteroatoms. The third kappa shape index (κ3) is 3.59. The monoisotopic (exact) mass is 310 g/mol. The molecule has 2 unspecified atom stereocenters. The molecule has 0 spiro atoms. The Morgan fingerprint density at radius 2 is 2.27 bits per heavy atom. The van der Waals surface area contributed by atoms with Gasteiger partial charge in [-0.05, 0) is 38.3 Å². The summed E-state index contributed by atoms with van der Waals surface area (Å²) in [6.07, 6.45) is 1.21. The third-order valence-electron chi connectivity index (χ3n) is 3.82. The van der Waals surface area contributed by atoms with Crippen molar-refractivity contribution in [3.8, 4) is 5.75 Å². The summed E-state index contributed by atoms with van der Waals surface area (Å²) in [5, 5.41) is 11.1. The zero-order valence-corrected chi connectivity index (χ0v) is 12.6. The molecule has 0 aliphatic carbocycles. The molecule has 1 aliphatic rings. The molecule has 0 aromatic heterocycles. The van der Waals surface area contributed by atoms with Gasteiger partial charge in [0.2, 0.25) is 5.79 Å². The van der Waals surface area contributed by atoms with E-state index in [2.05, 4.69) is 0 Å². The molecule has 1 aromatic rings. The number of hydrogen-bond acceptors (Lipinski definition) is 5. The van der Waals surface area contributed by atoms with E-state index in [1.807, 2.05) is 6.92 Å². The lowest BCUT2D eigenvalue weighted by atomic mass is 10.1. The van der Waals surface area contributed by atoms with E-state index in [1.165, 1.54) is 17.9 Å². The van der Waals surface area contributed by atoms with E-state index in [9.17, 15) is 19.3 Å². The zero-order chi connectivity index (χ0) is 16.3. The molecule has 120 valence electrons. The van der Waals surface area contributed by atoms with Crippen LogP contribution in [0.25, 0.3) is 0 Å². The Labute approximate surface area is 128 Å². The number of likely N-dealkylation sites (tertiary alicyclic amines) is 1. The molecule has 0 saturated carbocycles. The Bertz CT molecular complexity index is 577. The number of halogens is 1. The highest BCUT2D eigenvalue weighted by atomic mass is 19.1. The lowest BCUT2D eigenvalue weighted by Gasteiger charge is -2.37. The number of benzene rings is 1. The van der Waals surface area contributed by atoms with E-state index in [-0.39, 0.29) is 30.4 Å². The van der Waals surface area contributed by atoms with Crippen molar-refractivity contribution in [3.63, 3.8) is 0 Å². The summed E-state index contributed by atoms with van der Waals surface area (Å²) in [4.78, 5) is 22.8. The Hall–Kier alpha value is -2.02. The highest BCUT2D eigenvalue weighted by Gasteiger charge is 2.36. The maximum atomic E-state index is 14.1. The molecular weight excluding hydrogens is 291 g/mol. The van der Waals surface area contributed by atoms with Crippen molar-refractivity contribution in [2.24, 2.45) is 0 Å². The Kier molecular flexibility index (Phi) is 4.75. The molecule has 1 aromatic carbocycles. The number of aryl methyl sites for hydroxylation is 1. The first kappa shape index (κ1) is 16.4. The maximum Gasteiger partial charge on any atom is 0.310 e. The van der Waals surface area contributed by atoms with Gasteiger partial charge in [0.1, 0.15) is 6.10 Å². The van der Waals surface area contributed by atoms with Crippen LogP contribution in [0.4, 0.5) is 10.1 Å². The van der Waals surface area contributed by atoms with Crippen LogP contribution in [0, 0.1) is 17.0 Å². The first-order valence-corrected chi connectivity index (χ1v) is 7.15. The standard InChI is InChI=1S/C15H19FN2O4/c1-11-5-6-13(18(20)21)14(8-11)22-12-4-3-7-17(9-12)15(2,16)10-19/h5-6,8,10,12H,3-4,7,9H2,1-2H3. The van der Waals surface area contributed by atoms with Crippen LogP contribution in [-0.2, 0) is 4.79 Å². The van der Waals surface area contributed by atoms with Gasteiger partial charge in [-0.25, -0.2) is 4.39 Å². The number of piperidine rings is 1. The molecule has 0 N–H and O–H groups in total. The van der Waals surface area contributed by atoms with Gasteiger partial charge >= 0.3 is 5.69 Å². The molecule has 1 saturated heterocycles. The molecule has 2 rings (SSSR count). The van der Waals surface area contributed by atoms with Crippen molar-refractivity contribution in [3.05, 3.63) is 33.9 Å². The molecule has 22 heavy (non-hydrogen) atoms. The van der Waals surface area contributed by atoms with Gasteiger partial charge < -0.3 is 4.74 Å². The van der Waals surface area contributed by atoms with Crippen LogP contribution in [0.15, 0.2) is 18.2 Å². The average molecular weight is 310 g/mol. The quantitative estimate of drug-likeness (QED) is 0.362. The number of carbonyl (C=O) groups is 1. The molecule has 0 radical (unpaired) electrons. The number of aldehydes is 1. The number of nitrogens with zero attached hydrogens (tertiary/aromatic N) is 2. The molecule has 0 amide bonds. The van der Waals surface area contributed by atoms with Crippen LogP contribution in [0.5, 0.6) is 5.75 Å². The minimum absolute atomic E-state index is 0.110. The summed E-state index contributed by atoms with van der Waals surface area (Å²) in [5.74, 6) is -1.86. The SMILES string of the molecule is Cc1ccc([N+](=O)[O-])c(OC2CCCN(C(C)(F)C=O)C2)c1. The molecule has 1 fully saturated rings. The van der Waals surface area contributed by atoms with Crippen LogP contribution >= 0.6 is 0 Å². The van der Waals surface area contributed by atoms with E-state index in [0.29, 0.717) is 19.4 Å². The van der Waals surface area contributed by atoms with Crippen LogP contribution in [-0.4, -0.2) is 41.1 Å².